The van der Waals surface area contributed by atoms with E-state index in [-0.39, 0.29) is 0 Å². The van der Waals surface area contributed by atoms with E-state index in [1.165, 1.54) is 5.01 Å². The van der Waals surface area contributed by atoms with Crippen LogP contribution in [0.5, 0.6) is 0 Å². The van der Waals surface area contributed by atoms with Crippen LogP contribution in [0.2, 0.25) is 0 Å². The van der Waals surface area contributed by atoms with Crippen LogP contribution in [0.4, 0.5) is 0 Å². The van der Waals surface area contributed by atoms with Crippen LogP contribution in [0.15, 0.2) is 24.0 Å². The third kappa shape index (κ3) is 3.08. The van der Waals surface area contributed by atoms with Crippen LogP contribution in [0.1, 0.15) is 23.3 Å². The Morgan fingerprint density at radius 1 is 1.31 bits per heavy atom. The number of hydrogen-bond donors (Lipinski definition) is 1. The average molecular weight is 234 g/mol. The molecule has 0 saturated heterocycles. The number of rotatable bonds is 5. The van der Waals surface area contributed by atoms with Gasteiger partial charge in [0.15, 0.2) is 0 Å². The van der Waals surface area contributed by atoms with E-state index in [0.29, 0.717) is 0 Å². The maximum atomic E-state index is 4.48. The first-order chi connectivity index (χ1) is 7.88. The predicted molar refractivity (Wildman–Crippen MR) is 64.1 cm³/mol. The Balaban J connectivity index is 1.80. The standard InChI is InChI=1S/C11H14N4S/c1-2-11-15-10(7-16-11)6-13-5-9-3-4-12-8-14-9/h3-4,7-8,13H,2,5-6H2,1H3. The van der Waals surface area contributed by atoms with Crippen molar-refractivity contribution >= 4 is 11.3 Å². The Morgan fingerprint density at radius 3 is 2.88 bits per heavy atom. The summed E-state index contributed by atoms with van der Waals surface area (Å²) >= 11 is 1.72. The minimum absolute atomic E-state index is 0.751. The van der Waals surface area contributed by atoms with Crippen LogP contribution >= 0.6 is 11.3 Å². The van der Waals surface area contributed by atoms with Crippen LogP contribution in [0, 0.1) is 0 Å². The number of nitrogens with zero attached hydrogens (tertiary/aromatic N) is 3. The lowest BCUT2D eigenvalue weighted by Gasteiger charge is -2.01. The molecule has 2 heterocycles. The van der Waals surface area contributed by atoms with E-state index in [2.05, 4.69) is 32.6 Å². The van der Waals surface area contributed by atoms with Crippen molar-refractivity contribution in [3.8, 4) is 0 Å². The quantitative estimate of drug-likeness (QED) is 0.857. The topological polar surface area (TPSA) is 50.7 Å². The molecule has 0 fully saturated rings. The van der Waals surface area contributed by atoms with Gasteiger partial charge in [0, 0.05) is 24.7 Å². The van der Waals surface area contributed by atoms with Crippen LogP contribution in [0.3, 0.4) is 0 Å². The summed E-state index contributed by atoms with van der Waals surface area (Å²) in [5.74, 6) is 0. The molecule has 0 aliphatic heterocycles. The molecule has 0 aromatic carbocycles. The van der Waals surface area contributed by atoms with E-state index in [0.717, 1.165) is 30.9 Å². The molecule has 16 heavy (non-hydrogen) atoms. The summed E-state index contributed by atoms with van der Waals surface area (Å²) in [6.07, 6.45) is 4.33. The fraction of sp³-hybridized carbons (Fsp3) is 0.364. The van der Waals surface area contributed by atoms with Gasteiger partial charge in [-0.1, -0.05) is 6.92 Å². The summed E-state index contributed by atoms with van der Waals surface area (Å²) in [6, 6.07) is 1.91. The molecule has 2 aromatic heterocycles. The van der Waals surface area contributed by atoms with Crippen molar-refractivity contribution in [2.24, 2.45) is 0 Å². The van der Waals surface area contributed by atoms with E-state index in [4.69, 9.17) is 0 Å². The highest BCUT2D eigenvalue weighted by molar-refractivity contribution is 7.09. The zero-order chi connectivity index (χ0) is 11.2. The van der Waals surface area contributed by atoms with E-state index in [1.807, 2.05) is 6.07 Å². The van der Waals surface area contributed by atoms with Gasteiger partial charge in [-0.25, -0.2) is 15.0 Å². The molecule has 0 bridgehead atoms. The highest BCUT2D eigenvalue weighted by Crippen LogP contribution is 2.09. The van der Waals surface area contributed by atoms with Crippen molar-refractivity contribution < 1.29 is 0 Å². The molecule has 0 radical (unpaired) electrons. The molecule has 2 aromatic rings. The monoisotopic (exact) mass is 234 g/mol. The third-order valence-corrected chi connectivity index (χ3v) is 3.20. The fourth-order valence-electron chi connectivity index (χ4n) is 1.33. The lowest BCUT2D eigenvalue weighted by Crippen LogP contribution is -2.13. The maximum Gasteiger partial charge on any atom is 0.115 e. The summed E-state index contributed by atoms with van der Waals surface area (Å²) in [6.45, 7) is 3.67. The minimum Gasteiger partial charge on any atom is -0.305 e. The van der Waals surface area contributed by atoms with Crippen molar-refractivity contribution in [2.45, 2.75) is 26.4 Å². The molecule has 0 unspecified atom stereocenters. The lowest BCUT2D eigenvalue weighted by molar-refractivity contribution is 0.667. The van der Waals surface area contributed by atoms with E-state index in [9.17, 15) is 0 Å². The molecule has 84 valence electrons. The van der Waals surface area contributed by atoms with Gasteiger partial charge in [-0.2, -0.15) is 0 Å². The SMILES string of the molecule is CCc1nc(CNCc2ccncn2)cs1. The Labute approximate surface area is 98.8 Å². The zero-order valence-corrected chi connectivity index (χ0v) is 10.00. The molecule has 0 aliphatic carbocycles. The van der Waals surface area contributed by atoms with Crippen LogP contribution in [-0.2, 0) is 19.5 Å². The van der Waals surface area contributed by atoms with E-state index >= 15 is 0 Å². The average Bonchev–Trinajstić information content (AvgIpc) is 2.78. The van der Waals surface area contributed by atoms with Crippen LogP contribution in [-0.4, -0.2) is 15.0 Å². The molecule has 4 nitrogen and oxygen atoms in total. The highest BCUT2D eigenvalue weighted by atomic mass is 32.1. The van der Waals surface area contributed by atoms with Crippen molar-refractivity contribution in [3.63, 3.8) is 0 Å². The van der Waals surface area contributed by atoms with Crippen LogP contribution < -0.4 is 5.32 Å². The lowest BCUT2D eigenvalue weighted by atomic mass is 10.4. The Hall–Kier alpha value is -1.33. The maximum absolute atomic E-state index is 4.48. The van der Waals surface area contributed by atoms with Gasteiger partial charge < -0.3 is 5.32 Å². The molecule has 0 saturated carbocycles. The summed E-state index contributed by atoms with van der Waals surface area (Å²) in [5, 5.41) is 6.61. The molecule has 1 N–H and O–H groups in total. The fourth-order valence-corrected chi connectivity index (χ4v) is 2.08. The first kappa shape index (κ1) is 11.2. The Kier molecular flexibility index (Phi) is 3.96. The molecule has 0 atom stereocenters. The van der Waals surface area contributed by atoms with Crippen molar-refractivity contribution in [1.82, 2.24) is 20.3 Å². The van der Waals surface area contributed by atoms with Gasteiger partial charge in [-0.05, 0) is 12.5 Å². The zero-order valence-electron chi connectivity index (χ0n) is 9.18. The summed E-state index contributed by atoms with van der Waals surface area (Å²) in [7, 11) is 0. The minimum atomic E-state index is 0.751. The van der Waals surface area contributed by atoms with Gasteiger partial charge in [-0.15, -0.1) is 11.3 Å². The number of thiazole rings is 1. The molecular weight excluding hydrogens is 220 g/mol. The highest BCUT2D eigenvalue weighted by Gasteiger charge is 1.99. The van der Waals surface area contributed by atoms with E-state index in [1.54, 1.807) is 23.9 Å². The Bertz CT molecular complexity index is 427. The van der Waals surface area contributed by atoms with Crippen molar-refractivity contribution in [3.05, 3.63) is 40.4 Å². The summed E-state index contributed by atoms with van der Waals surface area (Å²) in [4.78, 5) is 12.5. The van der Waals surface area contributed by atoms with E-state index < -0.39 is 0 Å². The van der Waals surface area contributed by atoms with Gasteiger partial charge in [-0.3, -0.25) is 0 Å². The molecular formula is C11H14N4S. The number of nitrogens with one attached hydrogen (secondary N) is 1. The van der Waals surface area contributed by atoms with Gasteiger partial charge in [0.05, 0.1) is 16.4 Å². The smallest absolute Gasteiger partial charge is 0.115 e. The molecule has 2 rings (SSSR count). The first-order valence-electron chi connectivity index (χ1n) is 5.27. The largest absolute Gasteiger partial charge is 0.305 e. The second kappa shape index (κ2) is 5.67. The normalized spacial score (nSPS) is 10.6. The van der Waals surface area contributed by atoms with Gasteiger partial charge >= 0.3 is 0 Å². The second-order valence-corrected chi connectivity index (χ2v) is 4.33. The number of aryl methyl sites for hydroxylation is 1. The summed E-state index contributed by atoms with van der Waals surface area (Å²) < 4.78 is 0. The second-order valence-electron chi connectivity index (χ2n) is 3.39. The number of aromatic nitrogens is 3. The molecule has 0 amide bonds. The Morgan fingerprint density at radius 2 is 2.19 bits per heavy atom. The predicted octanol–water partition coefficient (Wildman–Crippen LogP) is 1.79. The molecule has 0 aliphatic rings. The molecule has 5 heteroatoms. The van der Waals surface area contributed by atoms with Gasteiger partial charge in [0.2, 0.25) is 0 Å². The van der Waals surface area contributed by atoms with Gasteiger partial charge in [0.1, 0.15) is 6.33 Å². The van der Waals surface area contributed by atoms with Gasteiger partial charge in [0.25, 0.3) is 0 Å². The first-order valence-corrected chi connectivity index (χ1v) is 6.15. The van der Waals surface area contributed by atoms with Crippen molar-refractivity contribution in [1.29, 1.82) is 0 Å². The van der Waals surface area contributed by atoms with Crippen molar-refractivity contribution in [2.75, 3.05) is 0 Å². The third-order valence-electron chi connectivity index (χ3n) is 2.16. The van der Waals surface area contributed by atoms with Crippen LogP contribution in [0.25, 0.3) is 0 Å². The molecule has 0 spiro atoms. The summed E-state index contributed by atoms with van der Waals surface area (Å²) in [5.41, 5.74) is 2.11. The number of hydrogen-bond acceptors (Lipinski definition) is 5.